The third-order valence-electron chi connectivity index (χ3n) is 3.40. The van der Waals surface area contributed by atoms with Crippen LogP contribution in [0.15, 0.2) is 50.4 Å². The summed E-state index contributed by atoms with van der Waals surface area (Å²) in [5, 5.41) is 4.04. The zero-order valence-corrected chi connectivity index (χ0v) is 13.1. The molecule has 19 heavy (non-hydrogen) atoms. The van der Waals surface area contributed by atoms with Crippen molar-refractivity contribution in [2.45, 2.75) is 29.5 Å². The lowest BCUT2D eigenvalue weighted by Crippen LogP contribution is -2.29. The van der Waals surface area contributed by atoms with Gasteiger partial charge in [-0.25, -0.2) is 0 Å². The summed E-state index contributed by atoms with van der Waals surface area (Å²) in [5.74, 6) is 1.01. The first-order valence-electron chi connectivity index (χ1n) is 6.50. The van der Waals surface area contributed by atoms with Crippen molar-refractivity contribution in [2.24, 2.45) is 0 Å². The molecule has 0 amide bonds. The summed E-state index contributed by atoms with van der Waals surface area (Å²) in [6.45, 7) is 3.07. The van der Waals surface area contributed by atoms with Crippen molar-refractivity contribution in [1.82, 2.24) is 5.32 Å². The third-order valence-corrected chi connectivity index (χ3v) is 5.44. The van der Waals surface area contributed by atoms with Crippen LogP contribution in [0.25, 0.3) is 0 Å². The molecule has 2 aromatic rings. The van der Waals surface area contributed by atoms with E-state index in [4.69, 9.17) is 4.42 Å². The van der Waals surface area contributed by atoms with E-state index in [1.165, 1.54) is 10.5 Å². The van der Waals surface area contributed by atoms with Gasteiger partial charge in [0.25, 0.3) is 0 Å². The molecule has 1 aliphatic rings. The number of benzene rings is 1. The van der Waals surface area contributed by atoms with Crippen LogP contribution in [0.2, 0.25) is 0 Å². The maximum atomic E-state index is 5.67. The van der Waals surface area contributed by atoms with Crippen LogP contribution in [-0.2, 0) is 6.42 Å². The van der Waals surface area contributed by atoms with Crippen LogP contribution < -0.4 is 5.32 Å². The van der Waals surface area contributed by atoms with E-state index in [9.17, 15) is 0 Å². The molecule has 0 saturated heterocycles. The summed E-state index contributed by atoms with van der Waals surface area (Å²) in [4.78, 5) is 1.40. The van der Waals surface area contributed by atoms with E-state index in [0.29, 0.717) is 5.25 Å². The highest BCUT2D eigenvalue weighted by Gasteiger charge is 2.32. The van der Waals surface area contributed by atoms with Crippen molar-refractivity contribution in [3.05, 3.63) is 52.4 Å². The number of nitrogens with one attached hydrogen (secondary N) is 1. The quantitative estimate of drug-likeness (QED) is 0.894. The Labute approximate surface area is 126 Å². The second kappa shape index (κ2) is 5.73. The summed E-state index contributed by atoms with van der Waals surface area (Å²) in [6, 6.07) is 10.9. The second-order valence-electron chi connectivity index (χ2n) is 4.64. The van der Waals surface area contributed by atoms with E-state index in [2.05, 4.69) is 52.4 Å². The van der Waals surface area contributed by atoms with Gasteiger partial charge in [0.05, 0.1) is 16.8 Å². The maximum Gasteiger partial charge on any atom is 0.135 e. The summed E-state index contributed by atoms with van der Waals surface area (Å²) < 4.78 is 6.72. The van der Waals surface area contributed by atoms with Gasteiger partial charge in [-0.3, -0.25) is 0 Å². The van der Waals surface area contributed by atoms with Gasteiger partial charge in [0.1, 0.15) is 5.76 Å². The Bertz CT molecular complexity index is 544. The summed E-state index contributed by atoms with van der Waals surface area (Å²) >= 11 is 5.52. The molecule has 0 saturated carbocycles. The fourth-order valence-electron chi connectivity index (χ4n) is 2.54. The van der Waals surface area contributed by atoms with E-state index in [1.54, 1.807) is 6.26 Å². The Morgan fingerprint density at radius 3 is 2.95 bits per heavy atom. The second-order valence-corrected chi connectivity index (χ2v) is 6.77. The van der Waals surface area contributed by atoms with Crippen LogP contribution in [0.1, 0.15) is 24.3 Å². The van der Waals surface area contributed by atoms with Crippen molar-refractivity contribution in [3.8, 4) is 0 Å². The molecule has 2 heterocycles. The van der Waals surface area contributed by atoms with Crippen LogP contribution in [0, 0.1) is 0 Å². The normalized spacial score (nSPS) is 19.4. The minimum absolute atomic E-state index is 0.242. The molecule has 3 rings (SSSR count). The number of hydrogen-bond donors (Lipinski definition) is 1. The summed E-state index contributed by atoms with van der Waals surface area (Å²) in [5.41, 5.74) is 1.45. The van der Waals surface area contributed by atoms with E-state index < -0.39 is 0 Å². The van der Waals surface area contributed by atoms with Crippen LogP contribution in [0.5, 0.6) is 0 Å². The topological polar surface area (TPSA) is 25.2 Å². The number of furan rings is 1. The molecule has 2 unspecified atom stereocenters. The molecule has 1 N–H and O–H groups in total. The highest BCUT2D eigenvalue weighted by atomic mass is 79.9. The first-order valence-corrected chi connectivity index (χ1v) is 8.17. The van der Waals surface area contributed by atoms with Gasteiger partial charge < -0.3 is 9.73 Å². The molecule has 100 valence electrons. The third kappa shape index (κ3) is 2.62. The van der Waals surface area contributed by atoms with Crippen molar-refractivity contribution in [3.63, 3.8) is 0 Å². The van der Waals surface area contributed by atoms with Crippen LogP contribution in [-0.4, -0.2) is 11.8 Å². The Hall–Kier alpha value is -0.710. The fraction of sp³-hybridized carbons (Fsp3) is 0.333. The molecule has 4 heteroatoms. The molecule has 1 aromatic carbocycles. The SMILES string of the molecule is CCNC(c1occc1Br)C1Cc2ccccc2S1. The lowest BCUT2D eigenvalue weighted by atomic mass is 10.0. The molecular weight excluding hydrogens is 322 g/mol. The average Bonchev–Trinajstić information content (AvgIpc) is 3.02. The first-order chi connectivity index (χ1) is 9.29. The van der Waals surface area contributed by atoms with Crippen LogP contribution >= 0.6 is 27.7 Å². The molecule has 1 aliphatic heterocycles. The first kappa shape index (κ1) is 13.3. The smallest absolute Gasteiger partial charge is 0.135 e. The largest absolute Gasteiger partial charge is 0.466 e. The number of fused-ring (bicyclic) bond motifs is 1. The predicted octanol–water partition coefficient (Wildman–Crippen LogP) is 4.41. The summed E-state index contributed by atoms with van der Waals surface area (Å²) in [6.07, 6.45) is 2.84. The number of halogens is 1. The van der Waals surface area contributed by atoms with Gasteiger partial charge in [0.15, 0.2) is 0 Å². The van der Waals surface area contributed by atoms with Crippen LogP contribution in [0.4, 0.5) is 0 Å². The molecule has 1 aromatic heterocycles. The molecule has 0 aliphatic carbocycles. The minimum Gasteiger partial charge on any atom is -0.466 e. The fourth-order valence-corrected chi connectivity index (χ4v) is 4.39. The number of rotatable bonds is 4. The molecular formula is C15H16BrNOS. The molecule has 0 fully saturated rings. The monoisotopic (exact) mass is 337 g/mol. The zero-order chi connectivity index (χ0) is 13.2. The Balaban J connectivity index is 1.86. The van der Waals surface area contributed by atoms with E-state index in [0.717, 1.165) is 23.2 Å². The van der Waals surface area contributed by atoms with Crippen molar-refractivity contribution < 1.29 is 4.42 Å². The average molecular weight is 338 g/mol. The Kier molecular flexibility index (Phi) is 4.01. The molecule has 0 radical (unpaired) electrons. The predicted molar refractivity (Wildman–Crippen MR) is 82.6 cm³/mol. The van der Waals surface area contributed by atoms with E-state index in [-0.39, 0.29) is 6.04 Å². The van der Waals surface area contributed by atoms with Gasteiger partial charge in [-0.2, -0.15) is 0 Å². The Morgan fingerprint density at radius 2 is 2.26 bits per heavy atom. The van der Waals surface area contributed by atoms with Gasteiger partial charge >= 0.3 is 0 Å². The number of thioether (sulfide) groups is 1. The van der Waals surface area contributed by atoms with E-state index >= 15 is 0 Å². The minimum atomic E-state index is 0.242. The van der Waals surface area contributed by atoms with Crippen molar-refractivity contribution >= 4 is 27.7 Å². The Morgan fingerprint density at radius 1 is 1.42 bits per heavy atom. The lowest BCUT2D eigenvalue weighted by Gasteiger charge is -2.22. The van der Waals surface area contributed by atoms with Gasteiger partial charge in [0.2, 0.25) is 0 Å². The van der Waals surface area contributed by atoms with Gasteiger partial charge in [-0.1, -0.05) is 25.1 Å². The molecule has 0 spiro atoms. The zero-order valence-electron chi connectivity index (χ0n) is 10.7. The maximum absolute atomic E-state index is 5.67. The highest BCUT2D eigenvalue weighted by Crippen LogP contribution is 2.43. The molecule has 0 bridgehead atoms. The van der Waals surface area contributed by atoms with Gasteiger partial charge in [0, 0.05) is 10.1 Å². The molecule has 2 atom stereocenters. The standard InChI is InChI=1S/C15H16BrNOS/c1-2-17-14(15-11(16)7-8-18-15)13-9-10-5-3-4-6-12(10)19-13/h3-8,13-14,17H,2,9H2,1H3. The van der Waals surface area contributed by atoms with Crippen molar-refractivity contribution in [2.75, 3.05) is 6.54 Å². The van der Waals surface area contributed by atoms with Gasteiger partial charge in [-0.05, 0) is 46.6 Å². The van der Waals surface area contributed by atoms with E-state index in [1.807, 2.05) is 17.8 Å². The highest BCUT2D eigenvalue weighted by molar-refractivity contribution is 9.10. The van der Waals surface area contributed by atoms with Gasteiger partial charge in [-0.15, -0.1) is 11.8 Å². The molecule has 2 nitrogen and oxygen atoms in total. The number of hydrogen-bond acceptors (Lipinski definition) is 3. The van der Waals surface area contributed by atoms with Crippen LogP contribution in [0.3, 0.4) is 0 Å². The lowest BCUT2D eigenvalue weighted by molar-refractivity contribution is 0.407. The summed E-state index contributed by atoms with van der Waals surface area (Å²) in [7, 11) is 0. The van der Waals surface area contributed by atoms with Crippen molar-refractivity contribution in [1.29, 1.82) is 0 Å².